The highest BCUT2D eigenvalue weighted by Gasteiger charge is 2.05. The Hall–Kier alpha value is -0.570. The molecule has 0 N–H and O–H groups in total. The van der Waals surface area contributed by atoms with Crippen molar-refractivity contribution in [3.8, 4) is 5.06 Å². The van der Waals surface area contributed by atoms with Crippen molar-refractivity contribution >= 4 is 11.3 Å². The minimum absolute atomic E-state index is 0.952. The lowest BCUT2D eigenvalue weighted by Crippen LogP contribution is -1.81. The van der Waals surface area contributed by atoms with Gasteiger partial charge in [0, 0.05) is 0 Å². The van der Waals surface area contributed by atoms with E-state index >= 15 is 0 Å². The lowest BCUT2D eigenvalue weighted by molar-refractivity contribution is 0.423. The summed E-state index contributed by atoms with van der Waals surface area (Å²) < 4.78 is 5.13. The fraction of sp³-hybridized carbons (Fsp3) is 0.625. The Morgan fingerprint density at radius 1 is 1.55 bits per heavy atom. The van der Waals surface area contributed by atoms with Crippen LogP contribution in [0.15, 0.2) is 0 Å². The van der Waals surface area contributed by atoms with Crippen LogP contribution in [0.1, 0.15) is 24.0 Å². The standard InChI is InChI=1S/C8H13NOS/c1-4-5-7-9-6(2)8(10-3)11-7/h4-5H2,1-3H3. The van der Waals surface area contributed by atoms with E-state index in [9.17, 15) is 0 Å². The van der Waals surface area contributed by atoms with E-state index in [4.69, 9.17) is 4.74 Å². The molecule has 2 nitrogen and oxygen atoms in total. The van der Waals surface area contributed by atoms with Crippen LogP contribution < -0.4 is 4.74 Å². The first-order valence-electron chi connectivity index (χ1n) is 3.78. The van der Waals surface area contributed by atoms with Gasteiger partial charge in [-0.15, -0.1) is 0 Å². The van der Waals surface area contributed by atoms with Gasteiger partial charge in [0.25, 0.3) is 0 Å². The molecule has 0 atom stereocenters. The minimum Gasteiger partial charge on any atom is -0.486 e. The van der Waals surface area contributed by atoms with E-state index in [0.29, 0.717) is 0 Å². The third-order valence-corrected chi connectivity index (χ3v) is 2.63. The van der Waals surface area contributed by atoms with Gasteiger partial charge in [-0.05, 0) is 19.8 Å². The van der Waals surface area contributed by atoms with Crippen molar-refractivity contribution in [3.05, 3.63) is 10.7 Å². The topological polar surface area (TPSA) is 22.1 Å². The molecule has 0 spiro atoms. The first kappa shape index (κ1) is 8.53. The molecule has 0 aliphatic heterocycles. The molecule has 0 fully saturated rings. The third-order valence-electron chi connectivity index (χ3n) is 1.45. The Balaban J connectivity index is 2.77. The first-order valence-corrected chi connectivity index (χ1v) is 4.59. The van der Waals surface area contributed by atoms with Crippen molar-refractivity contribution in [2.24, 2.45) is 0 Å². The number of aromatic nitrogens is 1. The summed E-state index contributed by atoms with van der Waals surface area (Å²) in [4.78, 5) is 4.36. The molecular formula is C8H13NOS. The lowest BCUT2D eigenvalue weighted by atomic mass is 10.3. The Morgan fingerprint density at radius 3 is 2.73 bits per heavy atom. The van der Waals surface area contributed by atoms with Crippen LogP contribution in [0, 0.1) is 6.92 Å². The maximum atomic E-state index is 5.13. The second-order valence-electron chi connectivity index (χ2n) is 2.43. The number of hydrogen-bond donors (Lipinski definition) is 0. The Labute approximate surface area is 71.2 Å². The molecule has 0 saturated carbocycles. The van der Waals surface area contributed by atoms with Gasteiger partial charge in [0.15, 0.2) is 5.06 Å². The van der Waals surface area contributed by atoms with Gasteiger partial charge in [-0.25, -0.2) is 4.98 Å². The fourth-order valence-corrected chi connectivity index (χ4v) is 1.93. The molecule has 11 heavy (non-hydrogen) atoms. The Kier molecular flexibility index (Phi) is 2.88. The molecule has 1 aromatic rings. The van der Waals surface area contributed by atoms with Crippen LogP contribution in [0.2, 0.25) is 0 Å². The van der Waals surface area contributed by atoms with E-state index in [-0.39, 0.29) is 0 Å². The highest BCUT2D eigenvalue weighted by molar-refractivity contribution is 7.13. The fourth-order valence-electron chi connectivity index (χ4n) is 0.947. The van der Waals surface area contributed by atoms with Crippen molar-refractivity contribution in [2.75, 3.05) is 7.11 Å². The average molecular weight is 171 g/mol. The molecule has 62 valence electrons. The molecule has 0 amide bonds. The lowest BCUT2D eigenvalue weighted by Gasteiger charge is -1.90. The minimum atomic E-state index is 0.952. The van der Waals surface area contributed by atoms with Crippen LogP contribution in [0.25, 0.3) is 0 Å². The zero-order valence-electron chi connectivity index (χ0n) is 7.18. The predicted octanol–water partition coefficient (Wildman–Crippen LogP) is 2.41. The highest BCUT2D eigenvalue weighted by Crippen LogP contribution is 2.26. The number of aryl methyl sites for hydroxylation is 2. The van der Waals surface area contributed by atoms with Gasteiger partial charge in [0.1, 0.15) is 0 Å². The van der Waals surface area contributed by atoms with Crippen molar-refractivity contribution < 1.29 is 4.74 Å². The molecule has 0 unspecified atom stereocenters. The van der Waals surface area contributed by atoms with Gasteiger partial charge in [-0.3, -0.25) is 0 Å². The van der Waals surface area contributed by atoms with Crippen LogP contribution >= 0.6 is 11.3 Å². The molecule has 0 bridgehead atoms. The highest BCUT2D eigenvalue weighted by atomic mass is 32.1. The summed E-state index contributed by atoms with van der Waals surface area (Å²) in [7, 11) is 1.69. The molecule has 0 saturated heterocycles. The summed E-state index contributed by atoms with van der Waals surface area (Å²) in [5, 5.41) is 2.13. The van der Waals surface area contributed by atoms with E-state index in [1.54, 1.807) is 18.4 Å². The zero-order valence-corrected chi connectivity index (χ0v) is 7.99. The second-order valence-corrected chi connectivity index (χ2v) is 3.48. The number of hydrogen-bond acceptors (Lipinski definition) is 3. The van der Waals surface area contributed by atoms with Crippen LogP contribution in [0.3, 0.4) is 0 Å². The monoisotopic (exact) mass is 171 g/mol. The van der Waals surface area contributed by atoms with Gasteiger partial charge in [0.05, 0.1) is 17.8 Å². The molecule has 1 rings (SSSR count). The maximum absolute atomic E-state index is 5.13. The smallest absolute Gasteiger partial charge is 0.196 e. The number of thiazole rings is 1. The van der Waals surface area contributed by atoms with E-state index in [2.05, 4.69) is 11.9 Å². The average Bonchev–Trinajstić information content (AvgIpc) is 2.32. The van der Waals surface area contributed by atoms with Gasteiger partial charge >= 0.3 is 0 Å². The Bertz CT molecular complexity index is 232. The molecule has 0 aliphatic rings. The quantitative estimate of drug-likeness (QED) is 0.696. The Morgan fingerprint density at radius 2 is 2.27 bits per heavy atom. The third kappa shape index (κ3) is 1.93. The van der Waals surface area contributed by atoms with E-state index in [1.165, 1.54) is 5.01 Å². The largest absolute Gasteiger partial charge is 0.486 e. The molecule has 0 aromatic carbocycles. The zero-order chi connectivity index (χ0) is 8.27. The molecule has 0 aliphatic carbocycles. The first-order chi connectivity index (χ1) is 5.27. The van der Waals surface area contributed by atoms with Gasteiger partial charge in [-0.1, -0.05) is 18.3 Å². The number of nitrogens with zero attached hydrogens (tertiary/aromatic N) is 1. The van der Waals surface area contributed by atoms with E-state index in [1.807, 2.05) is 6.92 Å². The van der Waals surface area contributed by atoms with E-state index in [0.717, 1.165) is 23.6 Å². The van der Waals surface area contributed by atoms with Crippen LogP contribution in [0.4, 0.5) is 0 Å². The molecule has 1 heterocycles. The normalized spacial score (nSPS) is 10.1. The van der Waals surface area contributed by atoms with Crippen molar-refractivity contribution in [2.45, 2.75) is 26.7 Å². The molecular weight excluding hydrogens is 158 g/mol. The summed E-state index contributed by atoms with van der Waals surface area (Å²) in [6.07, 6.45) is 2.21. The number of methoxy groups -OCH3 is 1. The van der Waals surface area contributed by atoms with Crippen LogP contribution in [0.5, 0.6) is 5.06 Å². The van der Waals surface area contributed by atoms with Gasteiger partial charge in [-0.2, -0.15) is 0 Å². The molecule has 0 radical (unpaired) electrons. The number of ether oxygens (including phenoxy) is 1. The van der Waals surface area contributed by atoms with Gasteiger partial charge < -0.3 is 4.74 Å². The van der Waals surface area contributed by atoms with Crippen molar-refractivity contribution in [1.29, 1.82) is 0 Å². The summed E-state index contributed by atoms with van der Waals surface area (Å²) in [5.74, 6) is 0. The molecule has 1 aromatic heterocycles. The van der Waals surface area contributed by atoms with Crippen molar-refractivity contribution in [3.63, 3.8) is 0 Å². The van der Waals surface area contributed by atoms with E-state index < -0.39 is 0 Å². The predicted molar refractivity (Wildman–Crippen MR) is 47.4 cm³/mol. The van der Waals surface area contributed by atoms with Crippen LogP contribution in [-0.4, -0.2) is 12.1 Å². The summed E-state index contributed by atoms with van der Waals surface area (Å²) in [6.45, 7) is 4.14. The van der Waals surface area contributed by atoms with Crippen LogP contribution in [-0.2, 0) is 6.42 Å². The second kappa shape index (κ2) is 3.72. The number of rotatable bonds is 3. The van der Waals surface area contributed by atoms with Crippen molar-refractivity contribution in [1.82, 2.24) is 4.98 Å². The summed E-state index contributed by atoms with van der Waals surface area (Å²) in [6, 6.07) is 0. The maximum Gasteiger partial charge on any atom is 0.196 e. The summed E-state index contributed by atoms with van der Waals surface area (Å²) >= 11 is 1.65. The van der Waals surface area contributed by atoms with Gasteiger partial charge in [0.2, 0.25) is 0 Å². The SMILES string of the molecule is CCCc1nc(C)c(OC)s1. The summed E-state index contributed by atoms with van der Waals surface area (Å²) in [5.41, 5.74) is 1.01. The molecule has 3 heteroatoms.